The second kappa shape index (κ2) is 6.74. The lowest BCUT2D eigenvalue weighted by Gasteiger charge is -2.09. The van der Waals surface area contributed by atoms with Gasteiger partial charge in [0, 0.05) is 6.42 Å². The molecule has 15 heavy (non-hydrogen) atoms. The van der Waals surface area contributed by atoms with E-state index in [9.17, 15) is 14.4 Å². The van der Waals surface area contributed by atoms with Gasteiger partial charge in [-0.05, 0) is 6.42 Å². The number of aliphatic carboxylic acids is 1. The predicted molar refractivity (Wildman–Crippen MR) is 47.8 cm³/mol. The van der Waals surface area contributed by atoms with E-state index in [1.165, 1.54) is 5.48 Å². The van der Waals surface area contributed by atoms with Crippen molar-refractivity contribution in [3.05, 3.63) is 0 Å². The first-order chi connectivity index (χ1) is 6.97. The summed E-state index contributed by atoms with van der Waals surface area (Å²) in [5.41, 5.74) is 6.64. The highest BCUT2D eigenvalue weighted by Gasteiger charge is 2.15. The Balaban J connectivity index is 3.79. The van der Waals surface area contributed by atoms with Gasteiger partial charge in [-0.3, -0.25) is 19.6 Å². The van der Waals surface area contributed by atoms with Crippen LogP contribution in [0.1, 0.15) is 12.8 Å². The monoisotopic (exact) mass is 219 g/mol. The van der Waals surface area contributed by atoms with E-state index < -0.39 is 30.4 Å². The van der Waals surface area contributed by atoms with Crippen LogP contribution in [0.15, 0.2) is 0 Å². The average Bonchev–Trinajstić information content (AvgIpc) is 2.21. The number of carboxylic acid groups (broad SMARTS) is 1. The molecule has 0 rings (SSSR count). The number of hydroxylamine groups is 1. The number of carbonyl (C=O) groups is 3. The van der Waals surface area contributed by atoms with Crippen molar-refractivity contribution in [3.8, 4) is 0 Å². The molecule has 0 bridgehead atoms. The molecule has 1 atom stereocenters. The summed E-state index contributed by atoms with van der Waals surface area (Å²) in [6.07, 6.45) is -0.233. The van der Waals surface area contributed by atoms with Gasteiger partial charge >= 0.3 is 5.97 Å². The van der Waals surface area contributed by atoms with Gasteiger partial charge in [-0.25, -0.2) is 5.48 Å². The fourth-order valence-corrected chi connectivity index (χ4v) is 0.748. The summed E-state index contributed by atoms with van der Waals surface area (Å²) in [5, 5.41) is 18.5. The zero-order chi connectivity index (χ0) is 11.8. The number of nitrogens with two attached hydrogens (primary N) is 1. The van der Waals surface area contributed by atoms with Crippen molar-refractivity contribution in [1.82, 2.24) is 10.8 Å². The van der Waals surface area contributed by atoms with Gasteiger partial charge < -0.3 is 16.2 Å². The molecule has 8 heteroatoms. The second-order valence-corrected chi connectivity index (χ2v) is 2.79. The van der Waals surface area contributed by atoms with Crippen LogP contribution >= 0.6 is 0 Å². The maximum atomic E-state index is 11.1. The third-order valence-electron chi connectivity index (χ3n) is 1.55. The van der Waals surface area contributed by atoms with Crippen LogP contribution in [-0.4, -0.2) is 40.7 Å². The Kier molecular flexibility index (Phi) is 5.99. The van der Waals surface area contributed by atoms with Crippen molar-refractivity contribution in [2.24, 2.45) is 5.73 Å². The summed E-state index contributed by atoms with van der Waals surface area (Å²) in [4.78, 5) is 31.7. The SMILES string of the molecule is N[C@@H](CCC(=O)O)C(=O)NCC(=O)NO. The zero-order valence-electron chi connectivity index (χ0n) is 7.90. The van der Waals surface area contributed by atoms with Crippen molar-refractivity contribution in [2.45, 2.75) is 18.9 Å². The topological polar surface area (TPSA) is 142 Å². The molecular formula is C7H13N3O5. The molecule has 0 spiro atoms. The van der Waals surface area contributed by atoms with Crippen molar-refractivity contribution < 1.29 is 24.7 Å². The molecule has 0 aromatic carbocycles. The number of carbonyl (C=O) groups excluding carboxylic acids is 2. The van der Waals surface area contributed by atoms with Crippen LogP contribution in [0.25, 0.3) is 0 Å². The van der Waals surface area contributed by atoms with Gasteiger partial charge in [-0.15, -0.1) is 0 Å². The second-order valence-electron chi connectivity index (χ2n) is 2.79. The summed E-state index contributed by atoms with van der Waals surface area (Å²) in [7, 11) is 0. The summed E-state index contributed by atoms with van der Waals surface area (Å²) in [6.45, 7) is -0.407. The molecule has 86 valence electrons. The predicted octanol–water partition coefficient (Wildman–Crippen LogP) is -2.20. The van der Waals surface area contributed by atoms with Crippen LogP contribution < -0.4 is 16.5 Å². The van der Waals surface area contributed by atoms with E-state index in [1.54, 1.807) is 0 Å². The smallest absolute Gasteiger partial charge is 0.303 e. The van der Waals surface area contributed by atoms with Gasteiger partial charge in [-0.1, -0.05) is 0 Å². The Morgan fingerprint density at radius 3 is 2.40 bits per heavy atom. The molecular weight excluding hydrogens is 206 g/mol. The molecule has 0 radical (unpaired) electrons. The van der Waals surface area contributed by atoms with E-state index in [4.69, 9.17) is 16.0 Å². The molecule has 0 aliphatic rings. The first-order valence-electron chi connectivity index (χ1n) is 4.15. The van der Waals surface area contributed by atoms with Gasteiger partial charge in [0.15, 0.2) is 0 Å². The fourth-order valence-electron chi connectivity index (χ4n) is 0.748. The molecule has 8 nitrogen and oxygen atoms in total. The minimum absolute atomic E-state index is 0.0120. The van der Waals surface area contributed by atoms with E-state index in [-0.39, 0.29) is 12.8 Å². The van der Waals surface area contributed by atoms with Crippen molar-refractivity contribution in [1.29, 1.82) is 0 Å². The number of carboxylic acids is 1. The molecule has 2 amide bonds. The highest BCUT2D eigenvalue weighted by atomic mass is 16.5. The van der Waals surface area contributed by atoms with E-state index >= 15 is 0 Å². The van der Waals surface area contributed by atoms with Crippen LogP contribution in [0.3, 0.4) is 0 Å². The van der Waals surface area contributed by atoms with Crippen LogP contribution in [-0.2, 0) is 14.4 Å². The largest absolute Gasteiger partial charge is 0.481 e. The third-order valence-corrected chi connectivity index (χ3v) is 1.55. The van der Waals surface area contributed by atoms with E-state index in [1.807, 2.05) is 0 Å². The summed E-state index contributed by atoms with van der Waals surface area (Å²) >= 11 is 0. The molecule has 0 saturated heterocycles. The minimum Gasteiger partial charge on any atom is -0.481 e. The lowest BCUT2D eigenvalue weighted by Crippen LogP contribution is -2.44. The minimum atomic E-state index is -1.05. The normalized spacial score (nSPS) is 11.6. The van der Waals surface area contributed by atoms with Crippen LogP contribution in [0.5, 0.6) is 0 Å². The summed E-state index contributed by atoms with van der Waals surface area (Å²) in [5.74, 6) is -2.47. The highest BCUT2D eigenvalue weighted by molar-refractivity contribution is 5.87. The van der Waals surface area contributed by atoms with Gasteiger partial charge in [0.25, 0.3) is 5.91 Å². The Morgan fingerprint density at radius 2 is 1.93 bits per heavy atom. The molecule has 0 aliphatic carbocycles. The Bertz CT molecular complexity index is 255. The van der Waals surface area contributed by atoms with Crippen molar-refractivity contribution >= 4 is 17.8 Å². The number of rotatable bonds is 6. The molecule has 0 fully saturated rings. The van der Waals surface area contributed by atoms with E-state index in [2.05, 4.69) is 5.32 Å². The van der Waals surface area contributed by atoms with Crippen molar-refractivity contribution in [2.75, 3.05) is 6.54 Å². The van der Waals surface area contributed by atoms with Crippen molar-refractivity contribution in [3.63, 3.8) is 0 Å². The Morgan fingerprint density at radius 1 is 1.33 bits per heavy atom. The van der Waals surface area contributed by atoms with Crippen LogP contribution in [0.2, 0.25) is 0 Å². The van der Waals surface area contributed by atoms with Gasteiger partial charge in [-0.2, -0.15) is 0 Å². The first-order valence-corrected chi connectivity index (χ1v) is 4.15. The molecule has 0 heterocycles. The van der Waals surface area contributed by atoms with E-state index in [0.717, 1.165) is 0 Å². The number of hydrogen-bond acceptors (Lipinski definition) is 5. The third kappa shape index (κ3) is 6.41. The van der Waals surface area contributed by atoms with E-state index in [0.29, 0.717) is 0 Å². The molecule has 0 aromatic rings. The standard InChI is InChI=1S/C7H13N3O5/c8-4(1-2-6(12)13)7(14)9-3-5(11)10-15/h4,15H,1-3,8H2,(H,9,14)(H,10,11)(H,12,13)/t4-/m0/s1. The summed E-state index contributed by atoms with van der Waals surface area (Å²) < 4.78 is 0. The molecule has 0 aliphatic heterocycles. The quantitative estimate of drug-likeness (QED) is 0.253. The Hall–Kier alpha value is -1.67. The zero-order valence-corrected chi connectivity index (χ0v) is 7.90. The maximum Gasteiger partial charge on any atom is 0.303 e. The first kappa shape index (κ1) is 13.3. The van der Waals surface area contributed by atoms with Gasteiger partial charge in [0.05, 0.1) is 12.6 Å². The van der Waals surface area contributed by atoms with Gasteiger partial charge in [0.1, 0.15) is 0 Å². The number of hydrogen-bond donors (Lipinski definition) is 5. The van der Waals surface area contributed by atoms with Crippen LogP contribution in [0.4, 0.5) is 0 Å². The van der Waals surface area contributed by atoms with Crippen LogP contribution in [0, 0.1) is 0 Å². The number of nitrogens with one attached hydrogen (secondary N) is 2. The maximum absolute atomic E-state index is 11.1. The van der Waals surface area contributed by atoms with Gasteiger partial charge in [0.2, 0.25) is 5.91 Å². The molecule has 0 aromatic heterocycles. The molecule has 6 N–H and O–H groups in total. The average molecular weight is 219 g/mol. The highest BCUT2D eigenvalue weighted by Crippen LogP contribution is 1.94. The molecule has 0 unspecified atom stereocenters. The lowest BCUT2D eigenvalue weighted by molar-refractivity contribution is -0.137. The summed E-state index contributed by atoms with van der Waals surface area (Å²) in [6, 6.07) is -0.979. The lowest BCUT2D eigenvalue weighted by atomic mass is 10.1. The number of amides is 2. The Labute approximate surface area is 85.4 Å². The fraction of sp³-hybridized carbons (Fsp3) is 0.571. The molecule has 0 saturated carbocycles.